The lowest BCUT2D eigenvalue weighted by molar-refractivity contribution is 0.564. The van der Waals surface area contributed by atoms with E-state index in [-0.39, 0.29) is 0 Å². The normalized spacial score (nSPS) is 31.5. The minimum atomic E-state index is -0.907. The summed E-state index contributed by atoms with van der Waals surface area (Å²) in [6.07, 6.45) is 2.99. The molecule has 0 radical (unpaired) electrons. The van der Waals surface area contributed by atoms with Crippen molar-refractivity contribution in [3.63, 3.8) is 0 Å². The molecule has 1 aliphatic rings. The van der Waals surface area contributed by atoms with Crippen LogP contribution in [0.2, 0.25) is 37.3 Å². The van der Waals surface area contributed by atoms with Crippen LogP contribution in [0, 0.1) is 0 Å². The van der Waals surface area contributed by atoms with E-state index in [1.807, 2.05) is 0 Å². The highest BCUT2D eigenvalue weighted by Gasteiger charge is 2.52. The molecular weight excluding hydrogens is 176 g/mol. The first kappa shape index (κ1) is 10.5. The summed E-state index contributed by atoms with van der Waals surface area (Å²) in [5, 5.41) is 0.709. The van der Waals surface area contributed by atoms with E-state index >= 15 is 0 Å². The Bertz CT molecular complexity index is 162. The van der Waals surface area contributed by atoms with Crippen LogP contribution in [0.4, 0.5) is 0 Å². The van der Waals surface area contributed by atoms with Crippen LogP contribution in [0.3, 0.4) is 0 Å². The Kier molecular flexibility index (Phi) is 2.37. The van der Waals surface area contributed by atoms with E-state index in [9.17, 15) is 0 Å². The Labute approximate surface area is 79.6 Å². The summed E-state index contributed by atoms with van der Waals surface area (Å²) in [4.78, 5) is 0. The lowest BCUT2D eigenvalue weighted by atomic mass is 10.1. The lowest BCUT2D eigenvalue weighted by Crippen LogP contribution is -2.63. The predicted molar refractivity (Wildman–Crippen MR) is 63.0 cm³/mol. The second kappa shape index (κ2) is 2.71. The first-order valence-electron chi connectivity index (χ1n) is 5.21. The molecule has 0 aliphatic carbocycles. The van der Waals surface area contributed by atoms with Crippen LogP contribution < -0.4 is 0 Å². The van der Waals surface area contributed by atoms with Gasteiger partial charge in [0, 0.05) is 15.2 Å². The quantitative estimate of drug-likeness (QED) is 0.517. The first-order valence-corrected chi connectivity index (χ1v) is 12.4. The fraction of sp³-hybridized carbons (Fsp3) is 1.00. The van der Waals surface area contributed by atoms with Crippen molar-refractivity contribution >= 4 is 15.2 Å². The summed E-state index contributed by atoms with van der Waals surface area (Å²) in [7, 11) is -1.72. The third-order valence-electron chi connectivity index (χ3n) is 4.99. The van der Waals surface area contributed by atoms with Crippen LogP contribution >= 0.6 is 0 Å². The highest BCUT2D eigenvalue weighted by molar-refractivity contribution is 7.42. The molecule has 0 aromatic carbocycles. The molecule has 0 spiro atoms. The van der Waals surface area contributed by atoms with Gasteiger partial charge in [-0.3, -0.25) is 0 Å². The van der Waals surface area contributed by atoms with Gasteiger partial charge in [0.25, 0.3) is 0 Å². The molecular formula is C10H24Si2. The average molecular weight is 200 g/mol. The van der Waals surface area contributed by atoms with E-state index < -0.39 is 15.2 Å². The third-order valence-corrected chi connectivity index (χ3v) is 26.5. The molecule has 1 heterocycles. The third kappa shape index (κ3) is 1.33. The Morgan fingerprint density at radius 3 is 1.83 bits per heavy atom. The molecule has 2 heteroatoms. The molecule has 0 atom stereocenters. The molecule has 1 fully saturated rings. The second-order valence-electron chi connectivity index (χ2n) is 6.25. The fourth-order valence-electron chi connectivity index (χ4n) is 2.51. The molecule has 0 bridgehead atoms. The molecule has 0 saturated carbocycles. The van der Waals surface area contributed by atoms with E-state index in [2.05, 4.69) is 40.0 Å². The van der Waals surface area contributed by atoms with Gasteiger partial charge in [-0.15, -0.1) is 0 Å². The summed E-state index contributed by atoms with van der Waals surface area (Å²) in [5.74, 6) is 0. The van der Waals surface area contributed by atoms with Crippen LogP contribution in [-0.4, -0.2) is 15.2 Å². The summed E-state index contributed by atoms with van der Waals surface area (Å²) < 4.78 is 0. The van der Waals surface area contributed by atoms with Crippen LogP contribution in [0.15, 0.2) is 0 Å². The molecule has 1 saturated heterocycles. The van der Waals surface area contributed by atoms with Gasteiger partial charge in [-0.2, -0.15) is 0 Å². The molecule has 12 heavy (non-hydrogen) atoms. The topological polar surface area (TPSA) is 0 Å². The maximum atomic E-state index is 2.64. The molecule has 1 aliphatic heterocycles. The van der Waals surface area contributed by atoms with Gasteiger partial charge in [-0.05, 0) is 5.04 Å². The van der Waals surface area contributed by atoms with Gasteiger partial charge in [0.1, 0.15) is 0 Å². The zero-order valence-electron chi connectivity index (χ0n) is 9.62. The van der Waals surface area contributed by atoms with E-state index in [4.69, 9.17) is 0 Å². The van der Waals surface area contributed by atoms with Gasteiger partial charge in [0.2, 0.25) is 0 Å². The molecule has 0 aromatic heterocycles. The van der Waals surface area contributed by atoms with Gasteiger partial charge < -0.3 is 0 Å². The van der Waals surface area contributed by atoms with Gasteiger partial charge in [-0.25, -0.2) is 0 Å². The second-order valence-corrected chi connectivity index (χ2v) is 22.9. The van der Waals surface area contributed by atoms with Crippen molar-refractivity contribution in [3.05, 3.63) is 0 Å². The fourth-order valence-corrected chi connectivity index (χ4v) is 15.1. The molecule has 72 valence electrons. The predicted octanol–water partition coefficient (Wildman–Crippen LogP) is 4.06. The smallest absolute Gasteiger partial charge is 0.0468 e. The summed E-state index contributed by atoms with van der Waals surface area (Å²) >= 11 is 0. The van der Waals surface area contributed by atoms with E-state index in [0.29, 0.717) is 5.04 Å². The van der Waals surface area contributed by atoms with Crippen LogP contribution in [-0.2, 0) is 0 Å². The Morgan fingerprint density at radius 2 is 1.50 bits per heavy atom. The van der Waals surface area contributed by atoms with Crippen LogP contribution in [0.5, 0.6) is 0 Å². The molecule has 0 amide bonds. The van der Waals surface area contributed by atoms with E-state index in [1.54, 1.807) is 6.04 Å². The minimum Gasteiger partial charge on any atom is -0.0713 e. The minimum absolute atomic E-state index is 0.709. The van der Waals surface area contributed by atoms with Gasteiger partial charge in [-0.1, -0.05) is 58.9 Å². The largest absolute Gasteiger partial charge is 0.0713 e. The molecule has 0 aromatic rings. The number of rotatable bonds is 0. The zero-order chi connectivity index (χ0) is 9.62. The summed E-state index contributed by atoms with van der Waals surface area (Å²) in [6, 6.07) is 1.59. The van der Waals surface area contributed by atoms with Gasteiger partial charge >= 0.3 is 0 Å². The first-order chi connectivity index (χ1) is 5.21. The molecule has 0 nitrogen and oxygen atoms in total. The van der Waals surface area contributed by atoms with Crippen molar-refractivity contribution in [2.75, 3.05) is 0 Å². The van der Waals surface area contributed by atoms with Crippen molar-refractivity contribution in [1.82, 2.24) is 0 Å². The zero-order valence-corrected chi connectivity index (χ0v) is 11.6. The SMILES string of the molecule is CC1(C)CCC[Si](C)(C)[Si]1(C)C. The Hall–Kier alpha value is 0.434. The average Bonchev–Trinajstić information content (AvgIpc) is 1.83. The lowest BCUT2D eigenvalue weighted by Gasteiger charge is -2.53. The number of hydrogen-bond acceptors (Lipinski definition) is 0. The maximum Gasteiger partial charge on any atom is 0.0468 e. The van der Waals surface area contributed by atoms with Gasteiger partial charge in [0.05, 0.1) is 0 Å². The molecule has 0 unspecified atom stereocenters. The summed E-state index contributed by atoms with van der Waals surface area (Å²) in [5.41, 5.74) is 0. The number of hydrogen-bond donors (Lipinski definition) is 0. The standard InChI is InChI=1S/C10H24Si2/c1-10(2)8-7-9-11(3,4)12(10,5)6/h7-9H2,1-6H3. The van der Waals surface area contributed by atoms with Crippen LogP contribution in [0.1, 0.15) is 26.7 Å². The molecule has 1 rings (SSSR count). The van der Waals surface area contributed by atoms with Crippen LogP contribution in [0.25, 0.3) is 0 Å². The van der Waals surface area contributed by atoms with Crippen molar-refractivity contribution in [2.24, 2.45) is 0 Å². The highest BCUT2D eigenvalue weighted by Crippen LogP contribution is 2.51. The van der Waals surface area contributed by atoms with Crippen molar-refractivity contribution in [3.8, 4) is 0 Å². The summed E-state index contributed by atoms with van der Waals surface area (Å²) in [6.45, 7) is 15.6. The van der Waals surface area contributed by atoms with E-state index in [1.165, 1.54) is 12.8 Å². The van der Waals surface area contributed by atoms with Gasteiger partial charge in [0.15, 0.2) is 0 Å². The maximum absolute atomic E-state index is 2.64. The molecule has 0 N–H and O–H groups in total. The Balaban J connectivity index is 2.99. The monoisotopic (exact) mass is 200 g/mol. The van der Waals surface area contributed by atoms with Crippen molar-refractivity contribution in [1.29, 1.82) is 0 Å². The highest BCUT2D eigenvalue weighted by atomic mass is 29.3. The van der Waals surface area contributed by atoms with Crippen molar-refractivity contribution < 1.29 is 0 Å². The van der Waals surface area contributed by atoms with Crippen molar-refractivity contribution in [2.45, 2.75) is 64.0 Å². The Morgan fingerprint density at radius 1 is 1.00 bits per heavy atom. The van der Waals surface area contributed by atoms with E-state index in [0.717, 1.165) is 0 Å².